The number of esters is 2. The zero-order valence-corrected chi connectivity index (χ0v) is 14.9. The van der Waals surface area contributed by atoms with Gasteiger partial charge in [0.15, 0.2) is 0 Å². The Balaban J connectivity index is 1.70. The van der Waals surface area contributed by atoms with Gasteiger partial charge in [0.2, 0.25) is 0 Å². The van der Waals surface area contributed by atoms with Crippen molar-refractivity contribution in [3.8, 4) is 0 Å². The van der Waals surface area contributed by atoms with Crippen LogP contribution in [0, 0.1) is 0 Å². The van der Waals surface area contributed by atoms with E-state index in [1.165, 1.54) is 0 Å². The first-order valence-electron chi connectivity index (χ1n) is 8.64. The molecule has 2 amide bonds. The molecule has 0 aliphatic carbocycles. The number of ether oxygens (including phenoxy) is 2. The van der Waals surface area contributed by atoms with E-state index < -0.39 is 18.0 Å². The van der Waals surface area contributed by atoms with Crippen molar-refractivity contribution in [1.82, 2.24) is 10.6 Å². The van der Waals surface area contributed by atoms with Gasteiger partial charge in [0.05, 0.1) is 30.8 Å². The van der Waals surface area contributed by atoms with Crippen LogP contribution in [0.2, 0.25) is 0 Å². The van der Waals surface area contributed by atoms with Gasteiger partial charge in [-0.05, 0) is 23.3 Å². The van der Waals surface area contributed by atoms with Crippen molar-refractivity contribution in [2.45, 2.75) is 13.3 Å². The quantitative estimate of drug-likeness (QED) is 0.761. The molecule has 0 atom stereocenters. The van der Waals surface area contributed by atoms with Gasteiger partial charge in [-0.15, -0.1) is 0 Å². The molecule has 0 spiro atoms. The van der Waals surface area contributed by atoms with Crippen molar-refractivity contribution in [2.24, 2.45) is 0 Å². The van der Waals surface area contributed by atoms with Crippen LogP contribution in [-0.2, 0) is 25.5 Å². The van der Waals surface area contributed by atoms with E-state index >= 15 is 0 Å². The maximum absolute atomic E-state index is 12.3. The normalized spacial score (nSPS) is 13.7. The van der Waals surface area contributed by atoms with Crippen molar-refractivity contribution in [3.05, 3.63) is 59.3 Å². The molecule has 2 aromatic rings. The monoisotopic (exact) mass is 368 g/mol. The summed E-state index contributed by atoms with van der Waals surface area (Å²) in [5.74, 6) is -1.00. The third-order valence-corrected chi connectivity index (χ3v) is 4.17. The van der Waals surface area contributed by atoms with Gasteiger partial charge in [-0.2, -0.15) is 0 Å². The van der Waals surface area contributed by atoms with Crippen LogP contribution in [0.4, 0.5) is 4.79 Å². The molecule has 2 N–H and O–H groups in total. The predicted octanol–water partition coefficient (Wildman–Crippen LogP) is 2.06. The van der Waals surface area contributed by atoms with Crippen LogP contribution in [0.3, 0.4) is 0 Å². The molecular formula is C20H20N2O5. The SMILES string of the molecule is CCOC(=O)C1=C(COC(=O)Cc2cccc3ccccc23)NC(=O)NC1. The van der Waals surface area contributed by atoms with E-state index in [9.17, 15) is 14.4 Å². The largest absolute Gasteiger partial charge is 0.463 e. The maximum atomic E-state index is 12.3. The van der Waals surface area contributed by atoms with E-state index in [0.29, 0.717) is 0 Å². The molecule has 27 heavy (non-hydrogen) atoms. The molecule has 0 saturated heterocycles. The second-order valence-corrected chi connectivity index (χ2v) is 5.96. The number of urea groups is 1. The maximum Gasteiger partial charge on any atom is 0.337 e. The lowest BCUT2D eigenvalue weighted by atomic mass is 10.0. The molecule has 0 fully saturated rings. The van der Waals surface area contributed by atoms with Gasteiger partial charge in [0, 0.05) is 0 Å². The van der Waals surface area contributed by atoms with Crippen molar-refractivity contribution in [2.75, 3.05) is 19.8 Å². The zero-order valence-electron chi connectivity index (χ0n) is 14.9. The molecule has 7 heteroatoms. The Morgan fingerprint density at radius 2 is 1.85 bits per heavy atom. The Bertz CT molecular complexity index is 914. The molecule has 2 aromatic carbocycles. The van der Waals surface area contributed by atoms with Crippen LogP contribution in [-0.4, -0.2) is 37.7 Å². The van der Waals surface area contributed by atoms with Crippen molar-refractivity contribution >= 4 is 28.7 Å². The lowest BCUT2D eigenvalue weighted by Gasteiger charge is -2.21. The van der Waals surface area contributed by atoms with E-state index in [4.69, 9.17) is 9.47 Å². The number of amides is 2. The Morgan fingerprint density at radius 1 is 1.07 bits per heavy atom. The number of nitrogens with one attached hydrogen (secondary N) is 2. The van der Waals surface area contributed by atoms with Gasteiger partial charge in [0.1, 0.15) is 6.61 Å². The van der Waals surface area contributed by atoms with Crippen molar-refractivity contribution in [1.29, 1.82) is 0 Å². The molecule has 3 rings (SSSR count). The number of hydrogen-bond acceptors (Lipinski definition) is 5. The molecule has 0 bridgehead atoms. The van der Waals surface area contributed by atoms with Gasteiger partial charge in [-0.25, -0.2) is 9.59 Å². The minimum atomic E-state index is -0.551. The summed E-state index contributed by atoms with van der Waals surface area (Å²) < 4.78 is 10.3. The van der Waals surface area contributed by atoms with E-state index in [1.54, 1.807) is 6.92 Å². The van der Waals surface area contributed by atoms with E-state index in [2.05, 4.69) is 10.6 Å². The highest BCUT2D eigenvalue weighted by molar-refractivity contribution is 5.94. The number of rotatable bonds is 6. The first-order chi connectivity index (χ1) is 13.1. The summed E-state index contributed by atoms with van der Waals surface area (Å²) in [4.78, 5) is 35.8. The summed E-state index contributed by atoms with van der Waals surface area (Å²) in [5, 5.41) is 7.03. The topological polar surface area (TPSA) is 93.7 Å². The lowest BCUT2D eigenvalue weighted by molar-refractivity contribution is -0.143. The van der Waals surface area contributed by atoms with Gasteiger partial charge in [-0.3, -0.25) is 4.79 Å². The Morgan fingerprint density at radius 3 is 2.67 bits per heavy atom. The number of carbonyl (C=O) groups excluding carboxylic acids is 3. The predicted molar refractivity (Wildman–Crippen MR) is 98.8 cm³/mol. The standard InChI is InChI=1S/C20H20N2O5/c1-2-26-19(24)16-11-21-20(25)22-17(16)12-27-18(23)10-14-8-5-7-13-6-3-4-9-15(13)14/h3-9H,2,10-12H2,1H3,(H2,21,22,25). The second kappa shape index (κ2) is 8.35. The number of fused-ring (bicyclic) bond motifs is 1. The van der Waals surface area contributed by atoms with E-state index in [-0.39, 0.29) is 37.4 Å². The summed E-state index contributed by atoms with van der Waals surface area (Å²) in [6.07, 6.45) is 0.0928. The minimum absolute atomic E-state index is 0.0286. The molecule has 7 nitrogen and oxygen atoms in total. The fourth-order valence-electron chi connectivity index (χ4n) is 2.87. The van der Waals surface area contributed by atoms with Crippen LogP contribution >= 0.6 is 0 Å². The van der Waals surface area contributed by atoms with Gasteiger partial charge in [-0.1, -0.05) is 42.5 Å². The second-order valence-electron chi connectivity index (χ2n) is 5.96. The van der Waals surface area contributed by atoms with E-state index in [0.717, 1.165) is 16.3 Å². The van der Waals surface area contributed by atoms with Crippen molar-refractivity contribution < 1.29 is 23.9 Å². The molecule has 140 valence electrons. The highest BCUT2D eigenvalue weighted by Gasteiger charge is 2.24. The summed E-state index contributed by atoms with van der Waals surface area (Å²) in [7, 11) is 0. The number of benzene rings is 2. The third kappa shape index (κ3) is 4.44. The fourth-order valence-corrected chi connectivity index (χ4v) is 2.87. The molecule has 0 radical (unpaired) electrons. The highest BCUT2D eigenvalue weighted by Crippen LogP contribution is 2.19. The first-order valence-corrected chi connectivity index (χ1v) is 8.64. The molecule has 0 saturated carbocycles. The van der Waals surface area contributed by atoms with E-state index in [1.807, 2.05) is 42.5 Å². The smallest absolute Gasteiger partial charge is 0.337 e. The molecule has 1 aliphatic rings. The van der Waals surface area contributed by atoms with Crippen LogP contribution in [0.5, 0.6) is 0 Å². The minimum Gasteiger partial charge on any atom is -0.463 e. The Hall–Kier alpha value is -3.35. The summed E-state index contributed by atoms with van der Waals surface area (Å²) >= 11 is 0. The molecule has 1 heterocycles. The average Bonchev–Trinajstić information content (AvgIpc) is 2.67. The molecule has 1 aliphatic heterocycles. The Kier molecular flexibility index (Phi) is 5.71. The van der Waals surface area contributed by atoms with Crippen LogP contribution in [0.25, 0.3) is 10.8 Å². The molecular weight excluding hydrogens is 348 g/mol. The Labute approximate surface area is 156 Å². The number of hydrogen-bond donors (Lipinski definition) is 2. The van der Waals surface area contributed by atoms with Crippen LogP contribution in [0.15, 0.2) is 53.7 Å². The van der Waals surface area contributed by atoms with Crippen LogP contribution < -0.4 is 10.6 Å². The van der Waals surface area contributed by atoms with Gasteiger partial charge >= 0.3 is 18.0 Å². The average molecular weight is 368 g/mol. The highest BCUT2D eigenvalue weighted by atomic mass is 16.5. The zero-order chi connectivity index (χ0) is 19.2. The summed E-state index contributed by atoms with van der Waals surface area (Å²) in [6.45, 7) is 1.73. The fraction of sp³-hybridized carbons (Fsp3) is 0.250. The summed E-state index contributed by atoms with van der Waals surface area (Å²) in [6, 6.07) is 13.1. The first kappa shape index (κ1) is 18.4. The van der Waals surface area contributed by atoms with Gasteiger partial charge < -0.3 is 20.1 Å². The van der Waals surface area contributed by atoms with Crippen LogP contribution in [0.1, 0.15) is 12.5 Å². The third-order valence-electron chi connectivity index (χ3n) is 4.17. The molecule has 0 unspecified atom stereocenters. The summed E-state index contributed by atoms with van der Waals surface area (Å²) in [5.41, 5.74) is 1.34. The van der Waals surface area contributed by atoms with Crippen molar-refractivity contribution in [3.63, 3.8) is 0 Å². The number of carbonyl (C=O) groups is 3. The molecule has 0 aromatic heterocycles. The lowest BCUT2D eigenvalue weighted by Crippen LogP contribution is -2.45. The van der Waals surface area contributed by atoms with Gasteiger partial charge in [0.25, 0.3) is 0 Å².